The van der Waals surface area contributed by atoms with E-state index in [2.05, 4.69) is 328 Å². The molecule has 0 amide bonds. The Labute approximate surface area is 480 Å². The zero-order chi connectivity index (χ0) is 55.7. The fraction of sp³-hybridized carbons (Fsp3) is 0.105. The van der Waals surface area contributed by atoms with Gasteiger partial charge in [-0.15, -0.1) is 0 Å². The van der Waals surface area contributed by atoms with Gasteiger partial charge in [-0.25, -0.2) is 0 Å². The van der Waals surface area contributed by atoms with Crippen molar-refractivity contribution in [2.75, 3.05) is 19.6 Å². The van der Waals surface area contributed by atoms with E-state index in [0.717, 1.165) is 102 Å². The molecule has 12 aromatic carbocycles. The van der Waals surface area contributed by atoms with Gasteiger partial charge in [-0.05, 0) is 176 Å². The lowest BCUT2D eigenvalue weighted by molar-refractivity contribution is 0.476. The number of fused-ring (bicyclic) bond motifs is 6. The van der Waals surface area contributed by atoms with Crippen molar-refractivity contribution in [1.29, 1.82) is 0 Å². The topological polar surface area (TPSA) is 31.4 Å². The molecule has 0 saturated carbocycles. The zero-order valence-electron chi connectivity index (χ0n) is 47.0. The van der Waals surface area contributed by atoms with E-state index in [0.29, 0.717) is 0 Å². The summed E-state index contributed by atoms with van der Waals surface area (Å²) >= 11 is 0. The number of ether oxygens (including phenoxy) is 2. The van der Waals surface area contributed by atoms with Crippen molar-refractivity contribution >= 4 is 89.8 Å². The summed E-state index contributed by atoms with van der Waals surface area (Å²) in [6.07, 6.45) is 0. The second-order valence-electron chi connectivity index (χ2n) is 23.5. The molecular weight excluding hydrogens is 1000 g/mol. The summed E-state index contributed by atoms with van der Waals surface area (Å²) in [5, 5.41) is 4.75. The van der Waals surface area contributed by atoms with E-state index in [-0.39, 0.29) is 10.8 Å². The highest BCUT2D eigenvalue weighted by Crippen LogP contribution is 2.56. The molecule has 14 rings (SSSR count). The average Bonchev–Trinajstić information content (AvgIpc) is 2.98. The van der Waals surface area contributed by atoms with Crippen LogP contribution in [0.15, 0.2) is 267 Å². The fourth-order valence-electron chi connectivity index (χ4n) is 11.7. The molecule has 0 aromatic heterocycles. The third-order valence-corrected chi connectivity index (χ3v) is 16.1. The van der Waals surface area contributed by atoms with Gasteiger partial charge < -0.3 is 29.1 Å². The standard InChI is InChI=1S/C76H62N4O2/c1-75(2,3)57-29-35-61(36-30-57)79-67-41-27-55(47-71(67)81-73-49-65(39-43-69(73)79)77(59-21-9-7-10-22-59)63-33-25-51-17-13-15-19-53(51)45-63)56-28-42-68-72(48-56)82-74-50-66(40-44-70(74)80(68)62-37-31-58(32-38-62)76(4,5)6)78(60-23-11-8-12-24-60)64-34-26-52-18-14-16-20-54(52)46-64/h7-50H,1-6H3. The normalized spacial score (nSPS) is 12.7. The molecule has 6 nitrogen and oxygen atoms in total. The smallest absolute Gasteiger partial charge is 0.153 e. The maximum atomic E-state index is 7.19. The summed E-state index contributed by atoms with van der Waals surface area (Å²) in [6.45, 7) is 13.6. The van der Waals surface area contributed by atoms with E-state index < -0.39 is 0 Å². The number of hydrogen-bond acceptors (Lipinski definition) is 6. The Morgan fingerprint density at radius 1 is 0.268 bits per heavy atom. The van der Waals surface area contributed by atoms with Gasteiger partial charge in [0.2, 0.25) is 0 Å². The van der Waals surface area contributed by atoms with Gasteiger partial charge in [0, 0.05) is 57.6 Å². The Balaban J connectivity index is 0.879. The number of para-hydroxylation sites is 2. The predicted octanol–water partition coefficient (Wildman–Crippen LogP) is 22.3. The van der Waals surface area contributed by atoms with Crippen molar-refractivity contribution in [2.45, 2.75) is 52.4 Å². The van der Waals surface area contributed by atoms with Crippen LogP contribution in [0.3, 0.4) is 0 Å². The maximum Gasteiger partial charge on any atom is 0.153 e. The Morgan fingerprint density at radius 2 is 0.585 bits per heavy atom. The second kappa shape index (κ2) is 19.9. The molecule has 398 valence electrons. The molecule has 0 saturated heterocycles. The first-order chi connectivity index (χ1) is 39.9. The highest BCUT2D eigenvalue weighted by Gasteiger charge is 2.31. The number of anilines is 12. The molecular formula is C76H62N4O2. The Bertz CT molecular complexity index is 4090. The Hall–Kier alpha value is -10.0. The van der Waals surface area contributed by atoms with Crippen molar-refractivity contribution in [3.8, 4) is 34.1 Å². The van der Waals surface area contributed by atoms with Crippen molar-refractivity contribution in [3.05, 3.63) is 278 Å². The van der Waals surface area contributed by atoms with Crippen LogP contribution in [0.4, 0.5) is 68.2 Å². The summed E-state index contributed by atoms with van der Waals surface area (Å²) in [4.78, 5) is 9.29. The Morgan fingerprint density at radius 3 is 0.963 bits per heavy atom. The summed E-state index contributed by atoms with van der Waals surface area (Å²) in [7, 11) is 0. The molecule has 0 fully saturated rings. The monoisotopic (exact) mass is 1060 g/mol. The van der Waals surface area contributed by atoms with Crippen LogP contribution in [-0.2, 0) is 10.8 Å². The van der Waals surface area contributed by atoms with Gasteiger partial charge in [-0.3, -0.25) is 0 Å². The van der Waals surface area contributed by atoms with E-state index >= 15 is 0 Å². The van der Waals surface area contributed by atoms with Gasteiger partial charge in [-0.1, -0.05) is 175 Å². The predicted molar refractivity (Wildman–Crippen MR) is 343 cm³/mol. The van der Waals surface area contributed by atoms with Gasteiger partial charge in [0.05, 0.1) is 22.7 Å². The molecule has 0 unspecified atom stereocenters. The van der Waals surface area contributed by atoms with E-state index in [9.17, 15) is 0 Å². The number of hydrogen-bond donors (Lipinski definition) is 0. The number of rotatable bonds is 9. The molecule has 0 aliphatic carbocycles. The molecule has 0 N–H and O–H groups in total. The van der Waals surface area contributed by atoms with Gasteiger partial charge in [0.25, 0.3) is 0 Å². The van der Waals surface area contributed by atoms with Crippen LogP contribution in [0, 0.1) is 0 Å². The average molecular weight is 1060 g/mol. The van der Waals surface area contributed by atoms with E-state index in [1.54, 1.807) is 0 Å². The first-order valence-corrected chi connectivity index (χ1v) is 28.3. The molecule has 82 heavy (non-hydrogen) atoms. The molecule has 6 heteroatoms. The first-order valence-electron chi connectivity index (χ1n) is 28.3. The third kappa shape index (κ3) is 9.22. The van der Waals surface area contributed by atoms with Gasteiger partial charge >= 0.3 is 0 Å². The van der Waals surface area contributed by atoms with Crippen LogP contribution in [-0.4, -0.2) is 0 Å². The van der Waals surface area contributed by atoms with E-state index in [4.69, 9.17) is 9.47 Å². The molecule has 2 aliphatic rings. The van der Waals surface area contributed by atoms with Crippen molar-refractivity contribution < 1.29 is 9.47 Å². The highest BCUT2D eigenvalue weighted by atomic mass is 16.5. The van der Waals surface area contributed by atoms with Crippen LogP contribution < -0.4 is 29.1 Å². The van der Waals surface area contributed by atoms with Gasteiger partial charge in [0.15, 0.2) is 23.0 Å². The van der Waals surface area contributed by atoms with Crippen molar-refractivity contribution in [3.63, 3.8) is 0 Å². The second-order valence-corrected chi connectivity index (χ2v) is 23.5. The third-order valence-electron chi connectivity index (χ3n) is 16.1. The molecule has 0 bridgehead atoms. The highest BCUT2D eigenvalue weighted by molar-refractivity contribution is 5.95. The summed E-state index contributed by atoms with van der Waals surface area (Å²) < 4.78 is 14.4. The molecule has 0 spiro atoms. The van der Waals surface area contributed by atoms with E-state index in [1.807, 2.05) is 0 Å². The zero-order valence-corrected chi connectivity index (χ0v) is 47.0. The maximum absolute atomic E-state index is 7.19. The van der Waals surface area contributed by atoms with Crippen LogP contribution in [0.1, 0.15) is 52.7 Å². The fourth-order valence-corrected chi connectivity index (χ4v) is 11.7. The SMILES string of the molecule is CC(C)(C)c1ccc(N2c3ccc(-c4ccc5c(c4)Oc4cc(N(c6ccccc6)c6ccc7ccccc7c6)ccc4N5c4ccc(C(C)(C)C)cc4)cc3Oc3cc(N(c4ccccc4)c4ccc5ccccc5c4)ccc32)cc1. The van der Waals surface area contributed by atoms with Crippen LogP contribution in [0.25, 0.3) is 32.7 Å². The minimum absolute atomic E-state index is 0.00405. The first kappa shape index (κ1) is 50.2. The lowest BCUT2D eigenvalue weighted by atomic mass is 9.87. The molecule has 12 aromatic rings. The summed E-state index contributed by atoms with van der Waals surface area (Å²) in [6, 6.07) is 95.8. The van der Waals surface area contributed by atoms with Crippen LogP contribution in [0.5, 0.6) is 23.0 Å². The van der Waals surface area contributed by atoms with Gasteiger partial charge in [0.1, 0.15) is 0 Å². The molecule has 2 aliphatic heterocycles. The largest absolute Gasteiger partial charge is 0.453 e. The molecule has 0 radical (unpaired) electrons. The Kier molecular flexibility index (Phi) is 12.2. The van der Waals surface area contributed by atoms with Gasteiger partial charge in [-0.2, -0.15) is 0 Å². The summed E-state index contributed by atoms with van der Waals surface area (Å²) in [5.41, 5.74) is 16.7. The van der Waals surface area contributed by atoms with Crippen LogP contribution in [0.2, 0.25) is 0 Å². The minimum Gasteiger partial charge on any atom is -0.453 e. The lowest BCUT2D eigenvalue weighted by Gasteiger charge is -2.35. The molecule has 0 atom stereocenters. The van der Waals surface area contributed by atoms with Crippen molar-refractivity contribution in [1.82, 2.24) is 0 Å². The van der Waals surface area contributed by atoms with Crippen molar-refractivity contribution in [2.24, 2.45) is 0 Å². The molecule has 2 heterocycles. The quantitative estimate of drug-likeness (QED) is 0.143. The summed E-state index contributed by atoms with van der Waals surface area (Å²) in [5.74, 6) is 3.02. The lowest BCUT2D eigenvalue weighted by Crippen LogP contribution is -2.18. The van der Waals surface area contributed by atoms with E-state index in [1.165, 1.54) is 32.7 Å². The number of nitrogens with zero attached hydrogens (tertiary/aromatic N) is 4. The number of benzene rings is 12. The van der Waals surface area contributed by atoms with Crippen LogP contribution >= 0.6 is 0 Å². The minimum atomic E-state index is 0.00405.